The number of hydrogen-bond acceptors (Lipinski definition) is 2. The van der Waals surface area contributed by atoms with Crippen LogP contribution in [0.5, 0.6) is 0 Å². The second-order valence-electron chi connectivity index (χ2n) is 6.97. The van der Waals surface area contributed by atoms with Crippen LogP contribution in [0.4, 0.5) is 0 Å². The molecule has 142 valence electrons. The lowest BCUT2D eigenvalue weighted by Crippen LogP contribution is -2.39. The minimum atomic E-state index is 0.407. The number of guanidine groups is 1. The van der Waals surface area contributed by atoms with Crippen LogP contribution in [0.1, 0.15) is 36.7 Å². The average molecular weight is 364 g/mol. The van der Waals surface area contributed by atoms with Crippen LogP contribution in [0.25, 0.3) is 11.0 Å². The van der Waals surface area contributed by atoms with Crippen LogP contribution in [0.2, 0.25) is 0 Å². The number of nitrogens with zero attached hydrogens (tertiary/aromatic N) is 3. The van der Waals surface area contributed by atoms with Crippen molar-refractivity contribution in [2.45, 2.75) is 33.2 Å². The SMILES string of the molecule is CCNC(=NCc1nc2ccccc2n1C)NCC(C)c1cccc(C)c1. The molecule has 1 atom stereocenters. The van der Waals surface area contributed by atoms with Gasteiger partial charge in [0.2, 0.25) is 0 Å². The number of aromatic nitrogens is 2. The molecule has 0 saturated carbocycles. The van der Waals surface area contributed by atoms with Crippen molar-refractivity contribution in [1.82, 2.24) is 20.2 Å². The Balaban J connectivity index is 1.68. The lowest BCUT2D eigenvalue weighted by molar-refractivity contribution is 0.696. The van der Waals surface area contributed by atoms with Crippen LogP contribution >= 0.6 is 0 Å². The third-order valence-corrected chi connectivity index (χ3v) is 4.79. The molecule has 0 aliphatic carbocycles. The predicted molar refractivity (Wildman–Crippen MR) is 113 cm³/mol. The minimum absolute atomic E-state index is 0.407. The molecule has 0 amide bonds. The molecule has 1 heterocycles. The molecule has 0 aliphatic rings. The van der Waals surface area contributed by atoms with Crippen LogP contribution in [0.3, 0.4) is 0 Å². The molecule has 0 bridgehead atoms. The minimum Gasteiger partial charge on any atom is -0.357 e. The van der Waals surface area contributed by atoms with E-state index in [1.54, 1.807) is 0 Å². The van der Waals surface area contributed by atoms with Crippen LogP contribution in [0, 0.1) is 6.92 Å². The van der Waals surface area contributed by atoms with Crippen LogP contribution < -0.4 is 10.6 Å². The quantitative estimate of drug-likeness (QED) is 0.518. The topological polar surface area (TPSA) is 54.2 Å². The van der Waals surface area contributed by atoms with Gasteiger partial charge in [-0.2, -0.15) is 0 Å². The monoisotopic (exact) mass is 363 g/mol. The summed E-state index contributed by atoms with van der Waals surface area (Å²) in [5.41, 5.74) is 4.78. The van der Waals surface area contributed by atoms with E-state index in [2.05, 4.69) is 66.3 Å². The number of fused-ring (bicyclic) bond motifs is 1. The van der Waals surface area contributed by atoms with Gasteiger partial charge in [0.25, 0.3) is 0 Å². The summed E-state index contributed by atoms with van der Waals surface area (Å²) in [6.07, 6.45) is 0. The van der Waals surface area contributed by atoms with Crippen LogP contribution in [-0.2, 0) is 13.6 Å². The Labute approximate surface area is 161 Å². The van der Waals surface area contributed by atoms with Gasteiger partial charge in [-0.1, -0.05) is 48.9 Å². The van der Waals surface area contributed by atoms with E-state index in [4.69, 9.17) is 9.98 Å². The summed E-state index contributed by atoms with van der Waals surface area (Å²) in [4.78, 5) is 9.43. The van der Waals surface area contributed by atoms with Gasteiger partial charge < -0.3 is 15.2 Å². The zero-order valence-electron chi connectivity index (χ0n) is 16.7. The fraction of sp³-hybridized carbons (Fsp3) is 0.364. The summed E-state index contributed by atoms with van der Waals surface area (Å²) in [7, 11) is 2.04. The largest absolute Gasteiger partial charge is 0.357 e. The first-order valence-electron chi connectivity index (χ1n) is 9.57. The van der Waals surface area contributed by atoms with Gasteiger partial charge in [0.1, 0.15) is 12.4 Å². The number of hydrogen-bond donors (Lipinski definition) is 2. The van der Waals surface area contributed by atoms with Crippen molar-refractivity contribution in [3.05, 3.63) is 65.5 Å². The molecule has 3 rings (SSSR count). The number of rotatable bonds is 6. The summed E-state index contributed by atoms with van der Waals surface area (Å²) in [5.74, 6) is 2.19. The number of nitrogens with one attached hydrogen (secondary N) is 2. The fourth-order valence-corrected chi connectivity index (χ4v) is 3.17. The number of aryl methyl sites for hydroxylation is 2. The third-order valence-electron chi connectivity index (χ3n) is 4.79. The Kier molecular flexibility index (Phi) is 6.12. The number of para-hydroxylation sites is 2. The molecule has 0 spiro atoms. The van der Waals surface area contributed by atoms with E-state index in [1.165, 1.54) is 11.1 Å². The summed E-state index contributed by atoms with van der Waals surface area (Å²) >= 11 is 0. The lowest BCUT2D eigenvalue weighted by atomic mass is 9.99. The second kappa shape index (κ2) is 8.71. The predicted octanol–water partition coefficient (Wildman–Crippen LogP) is 3.74. The number of aliphatic imine (C=N–C) groups is 1. The Morgan fingerprint density at radius 1 is 1.15 bits per heavy atom. The molecule has 0 fully saturated rings. The van der Waals surface area contributed by atoms with Gasteiger partial charge >= 0.3 is 0 Å². The number of imidazole rings is 1. The first-order valence-corrected chi connectivity index (χ1v) is 9.57. The summed E-state index contributed by atoms with van der Waals surface area (Å²) in [6, 6.07) is 16.9. The Morgan fingerprint density at radius 2 is 1.96 bits per heavy atom. The Morgan fingerprint density at radius 3 is 2.70 bits per heavy atom. The highest BCUT2D eigenvalue weighted by molar-refractivity contribution is 5.80. The van der Waals surface area contributed by atoms with Gasteiger partial charge in [-0.05, 0) is 37.5 Å². The fourth-order valence-electron chi connectivity index (χ4n) is 3.17. The molecule has 1 unspecified atom stereocenters. The maximum Gasteiger partial charge on any atom is 0.191 e. The van der Waals surface area contributed by atoms with E-state index in [9.17, 15) is 0 Å². The molecule has 0 aliphatic heterocycles. The average Bonchev–Trinajstić information content (AvgIpc) is 3.00. The molecule has 2 N–H and O–H groups in total. The third kappa shape index (κ3) is 4.67. The summed E-state index contributed by atoms with van der Waals surface area (Å²) in [5, 5.41) is 6.79. The zero-order chi connectivity index (χ0) is 19.2. The van der Waals surface area contributed by atoms with E-state index < -0.39 is 0 Å². The van der Waals surface area contributed by atoms with Crippen molar-refractivity contribution in [3.63, 3.8) is 0 Å². The first kappa shape index (κ1) is 19.0. The van der Waals surface area contributed by atoms with Gasteiger partial charge in [-0.3, -0.25) is 0 Å². The summed E-state index contributed by atoms with van der Waals surface area (Å²) < 4.78 is 2.11. The second-order valence-corrected chi connectivity index (χ2v) is 6.97. The molecule has 1 aromatic heterocycles. The van der Waals surface area contributed by atoms with E-state index in [1.807, 2.05) is 25.2 Å². The molecular formula is C22H29N5. The van der Waals surface area contributed by atoms with Gasteiger partial charge in [0.15, 0.2) is 5.96 Å². The van der Waals surface area contributed by atoms with Crippen molar-refractivity contribution < 1.29 is 0 Å². The highest BCUT2D eigenvalue weighted by Gasteiger charge is 2.09. The van der Waals surface area contributed by atoms with Crippen molar-refractivity contribution in [3.8, 4) is 0 Å². The molecule has 0 saturated heterocycles. The molecule has 5 nitrogen and oxygen atoms in total. The van der Waals surface area contributed by atoms with Crippen molar-refractivity contribution >= 4 is 17.0 Å². The Hall–Kier alpha value is -2.82. The molecular weight excluding hydrogens is 334 g/mol. The van der Waals surface area contributed by atoms with E-state index in [0.717, 1.165) is 35.9 Å². The highest BCUT2D eigenvalue weighted by atomic mass is 15.2. The molecule has 27 heavy (non-hydrogen) atoms. The zero-order valence-corrected chi connectivity index (χ0v) is 16.7. The first-order chi connectivity index (χ1) is 13.1. The van der Waals surface area contributed by atoms with Gasteiger partial charge in [-0.25, -0.2) is 9.98 Å². The normalized spacial score (nSPS) is 13.0. The van der Waals surface area contributed by atoms with Gasteiger partial charge in [0.05, 0.1) is 11.0 Å². The Bertz CT molecular complexity index is 925. The maximum atomic E-state index is 4.73. The van der Waals surface area contributed by atoms with Crippen molar-refractivity contribution in [2.24, 2.45) is 12.0 Å². The lowest BCUT2D eigenvalue weighted by Gasteiger charge is -2.16. The molecule has 5 heteroatoms. The summed E-state index contributed by atoms with van der Waals surface area (Å²) in [6.45, 7) is 8.64. The van der Waals surface area contributed by atoms with Crippen molar-refractivity contribution in [1.29, 1.82) is 0 Å². The smallest absolute Gasteiger partial charge is 0.191 e. The molecule has 0 radical (unpaired) electrons. The van der Waals surface area contributed by atoms with Crippen LogP contribution in [-0.4, -0.2) is 28.6 Å². The van der Waals surface area contributed by atoms with Crippen molar-refractivity contribution in [2.75, 3.05) is 13.1 Å². The molecule has 2 aromatic carbocycles. The van der Waals surface area contributed by atoms with E-state index >= 15 is 0 Å². The molecule has 3 aromatic rings. The van der Waals surface area contributed by atoms with E-state index in [-0.39, 0.29) is 0 Å². The number of benzene rings is 2. The van der Waals surface area contributed by atoms with E-state index in [0.29, 0.717) is 12.5 Å². The standard InChI is InChI=1S/C22H29N5/c1-5-23-22(24-14-17(3)18-10-8-9-16(2)13-18)25-15-21-26-19-11-6-7-12-20(19)27(21)4/h6-13,17H,5,14-15H2,1-4H3,(H2,23,24,25). The maximum absolute atomic E-state index is 4.73. The highest BCUT2D eigenvalue weighted by Crippen LogP contribution is 2.16. The van der Waals surface area contributed by atoms with Crippen LogP contribution in [0.15, 0.2) is 53.5 Å². The van der Waals surface area contributed by atoms with Gasteiger partial charge in [-0.15, -0.1) is 0 Å². The van der Waals surface area contributed by atoms with Gasteiger partial charge in [0, 0.05) is 20.1 Å².